The molecule has 22 heavy (non-hydrogen) atoms. The van der Waals surface area contributed by atoms with Crippen LogP contribution in [0.5, 0.6) is 0 Å². The van der Waals surface area contributed by atoms with Gasteiger partial charge < -0.3 is 15.1 Å². The minimum Gasteiger partial charge on any atom is -0.363 e. The van der Waals surface area contributed by atoms with Crippen molar-refractivity contribution in [3.05, 3.63) is 23.9 Å². The summed E-state index contributed by atoms with van der Waals surface area (Å²) < 4.78 is 37.7. The number of alkyl halides is 3. The number of pyridine rings is 1. The molecule has 1 aromatic heterocycles. The number of halogens is 3. The van der Waals surface area contributed by atoms with E-state index >= 15 is 0 Å². The van der Waals surface area contributed by atoms with E-state index in [2.05, 4.69) is 15.2 Å². The third-order valence-electron chi connectivity index (χ3n) is 3.51. The predicted octanol–water partition coefficient (Wildman–Crippen LogP) is 2.51. The zero-order valence-corrected chi connectivity index (χ0v) is 13.2. The third-order valence-corrected chi connectivity index (χ3v) is 3.91. The number of rotatable bonds is 2. The fraction of sp³-hybridized carbons (Fsp3) is 0.571. The number of nitrogens with one attached hydrogen (secondary N) is 1. The van der Waals surface area contributed by atoms with E-state index in [-0.39, 0.29) is 0 Å². The molecule has 0 radical (unpaired) electrons. The highest BCUT2D eigenvalue weighted by Gasteiger charge is 2.31. The maximum Gasteiger partial charge on any atom is 0.417 e. The molecule has 0 saturated carbocycles. The normalized spacial score (nSPS) is 16.4. The molecule has 1 fully saturated rings. The van der Waals surface area contributed by atoms with Crippen LogP contribution < -0.4 is 10.2 Å². The lowest BCUT2D eigenvalue weighted by molar-refractivity contribution is -0.137. The van der Waals surface area contributed by atoms with Crippen LogP contribution in [0.2, 0.25) is 0 Å². The summed E-state index contributed by atoms with van der Waals surface area (Å²) in [4.78, 5) is 8.04. The minimum atomic E-state index is -4.35. The number of aromatic nitrogens is 1. The molecule has 0 amide bonds. The van der Waals surface area contributed by atoms with E-state index in [9.17, 15) is 13.2 Å². The molecule has 0 aromatic carbocycles. The van der Waals surface area contributed by atoms with Gasteiger partial charge in [-0.2, -0.15) is 13.2 Å². The summed E-state index contributed by atoms with van der Waals surface area (Å²) in [6.45, 7) is 5.77. The van der Waals surface area contributed by atoms with E-state index in [4.69, 9.17) is 12.2 Å². The topological polar surface area (TPSA) is 31.4 Å². The van der Waals surface area contributed by atoms with Gasteiger partial charge in [0, 0.05) is 38.9 Å². The zero-order valence-electron chi connectivity index (χ0n) is 12.4. The summed E-state index contributed by atoms with van der Waals surface area (Å²) in [6, 6.07) is 2.51. The van der Waals surface area contributed by atoms with Gasteiger partial charge in [-0.25, -0.2) is 4.98 Å². The molecule has 0 aliphatic carbocycles. The Morgan fingerprint density at radius 1 is 1.27 bits per heavy atom. The maximum absolute atomic E-state index is 12.6. The van der Waals surface area contributed by atoms with Crippen LogP contribution in [-0.4, -0.2) is 47.7 Å². The monoisotopic (exact) mass is 332 g/mol. The molecule has 1 aliphatic heterocycles. The van der Waals surface area contributed by atoms with Gasteiger partial charge in [0.25, 0.3) is 0 Å². The molecule has 0 spiro atoms. The van der Waals surface area contributed by atoms with Crippen LogP contribution in [0, 0.1) is 0 Å². The van der Waals surface area contributed by atoms with Crippen molar-refractivity contribution in [1.82, 2.24) is 15.2 Å². The molecule has 0 atom stereocenters. The first-order chi connectivity index (χ1) is 10.4. The molecule has 122 valence electrons. The SMILES string of the molecule is CCNC(=S)N1CCCN(c2ccc(C(F)(F)F)cn2)CC1. The van der Waals surface area contributed by atoms with Crippen molar-refractivity contribution in [2.24, 2.45) is 0 Å². The molecule has 8 heteroatoms. The summed E-state index contributed by atoms with van der Waals surface area (Å²) in [5.74, 6) is 0.573. The Hall–Kier alpha value is -1.57. The van der Waals surface area contributed by atoms with Crippen LogP contribution in [0.15, 0.2) is 18.3 Å². The molecule has 0 unspecified atom stereocenters. The van der Waals surface area contributed by atoms with Crippen molar-refractivity contribution in [2.45, 2.75) is 19.5 Å². The summed E-state index contributed by atoms with van der Waals surface area (Å²) in [6.07, 6.45) is -2.57. The average molecular weight is 332 g/mol. The van der Waals surface area contributed by atoms with Crippen molar-refractivity contribution in [2.75, 3.05) is 37.6 Å². The first kappa shape index (κ1) is 16.8. The molecule has 4 nitrogen and oxygen atoms in total. The largest absolute Gasteiger partial charge is 0.417 e. The predicted molar refractivity (Wildman–Crippen MR) is 83.9 cm³/mol. The molecule has 2 rings (SSSR count). The molecule has 1 aliphatic rings. The van der Waals surface area contributed by atoms with Gasteiger partial charge in [-0.1, -0.05) is 0 Å². The lowest BCUT2D eigenvalue weighted by Crippen LogP contribution is -2.41. The fourth-order valence-electron chi connectivity index (χ4n) is 2.35. The van der Waals surface area contributed by atoms with E-state index < -0.39 is 11.7 Å². The van der Waals surface area contributed by atoms with Crippen LogP contribution in [0.4, 0.5) is 19.0 Å². The van der Waals surface area contributed by atoms with Crippen molar-refractivity contribution in [1.29, 1.82) is 0 Å². The van der Waals surface area contributed by atoms with E-state index in [1.807, 2.05) is 11.8 Å². The smallest absolute Gasteiger partial charge is 0.363 e. The second kappa shape index (κ2) is 7.13. The van der Waals surface area contributed by atoms with Crippen LogP contribution in [0.25, 0.3) is 0 Å². The summed E-state index contributed by atoms with van der Waals surface area (Å²) in [7, 11) is 0. The van der Waals surface area contributed by atoms with Gasteiger partial charge in [-0.3, -0.25) is 0 Å². The van der Waals surface area contributed by atoms with Gasteiger partial charge in [0.15, 0.2) is 5.11 Å². The van der Waals surface area contributed by atoms with Gasteiger partial charge in [0.2, 0.25) is 0 Å². The highest BCUT2D eigenvalue weighted by atomic mass is 32.1. The molecular formula is C14H19F3N4S. The van der Waals surface area contributed by atoms with Gasteiger partial charge in [0.1, 0.15) is 5.82 Å². The summed E-state index contributed by atoms with van der Waals surface area (Å²) in [5, 5.41) is 3.85. The Morgan fingerprint density at radius 3 is 2.64 bits per heavy atom. The second-order valence-corrected chi connectivity index (χ2v) is 5.45. The Labute approximate surface area is 133 Å². The first-order valence-corrected chi connectivity index (χ1v) is 7.63. The lowest BCUT2D eigenvalue weighted by Gasteiger charge is -2.24. The van der Waals surface area contributed by atoms with E-state index in [0.717, 1.165) is 50.0 Å². The molecule has 1 N–H and O–H groups in total. The van der Waals surface area contributed by atoms with Crippen LogP contribution in [-0.2, 0) is 6.18 Å². The summed E-state index contributed by atoms with van der Waals surface area (Å²) in [5.41, 5.74) is -0.721. The molecule has 1 saturated heterocycles. The fourth-order valence-corrected chi connectivity index (χ4v) is 2.68. The number of hydrogen-bond donors (Lipinski definition) is 1. The first-order valence-electron chi connectivity index (χ1n) is 7.23. The van der Waals surface area contributed by atoms with Crippen molar-refractivity contribution in [3.63, 3.8) is 0 Å². The Kier molecular flexibility index (Phi) is 5.44. The average Bonchev–Trinajstić information content (AvgIpc) is 2.73. The molecule has 1 aromatic rings. The van der Waals surface area contributed by atoms with Crippen LogP contribution >= 0.6 is 12.2 Å². The third kappa shape index (κ3) is 4.22. The quantitative estimate of drug-likeness (QED) is 0.841. The number of hydrogen-bond acceptors (Lipinski definition) is 3. The Balaban J connectivity index is 2.00. The van der Waals surface area contributed by atoms with Gasteiger partial charge in [0.05, 0.1) is 5.56 Å². The Bertz CT molecular complexity index is 504. The molecule has 0 bridgehead atoms. The van der Waals surface area contributed by atoms with Gasteiger partial charge in [-0.15, -0.1) is 0 Å². The number of nitrogens with zero attached hydrogens (tertiary/aromatic N) is 3. The van der Waals surface area contributed by atoms with E-state index in [1.165, 1.54) is 6.07 Å². The lowest BCUT2D eigenvalue weighted by atomic mass is 10.2. The second-order valence-electron chi connectivity index (χ2n) is 5.07. The highest BCUT2D eigenvalue weighted by Crippen LogP contribution is 2.29. The summed E-state index contributed by atoms with van der Waals surface area (Å²) >= 11 is 5.30. The zero-order chi connectivity index (χ0) is 16.2. The van der Waals surface area contributed by atoms with Crippen LogP contribution in [0.1, 0.15) is 18.9 Å². The minimum absolute atomic E-state index is 0.573. The van der Waals surface area contributed by atoms with Crippen molar-refractivity contribution < 1.29 is 13.2 Å². The number of anilines is 1. The molecule has 2 heterocycles. The maximum atomic E-state index is 12.6. The standard InChI is InChI=1S/C14H19F3N4S/c1-2-18-13(22)21-7-3-6-20(8-9-21)12-5-4-11(10-19-12)14(15,16)17/h4-5,10H,2-3,6-9H2,1H3,(H,18,22). The number of thiocarbonyl (C=S) groups is 1. The van der Waals surface area contributed by atoms with E-state index in [1.54, 1.807) is 0 Å². The molecular weight excluding hydrogens is 313 g/mol. The van der Waals surface area contributed by atoms with E-state index in [0.29, 0.717) is 12.4 Å². The van der Waals surface area contributed by atoms with Gasteiger partial charge in [-0.05, 0) is 37.7 Å². The van der Waals surface area contributed by atoms with Gasteiger partial charge >= 0.3 is 6.18 Å². The van der Waals surface area contributed by atoms with Crippen molar-refractivity contribution in [3.8, 4) is 0 Å². The van der Waals surface area contributed by atoms with Crippen molar-refractivity contribution >= 4 is 23.1 Å². The highest BCUT2D eigenvalue weighted by molar-refractivity contribution is 7.80. The Morgan fingerprint density at radius 2 is 2.05 bits per heavy atom. The van der Waals surface area contributed by atoms with Crippen LogP contribution in [0.3, 0.4) is 0 Å².